The lowest BCUT2D eigenvalue weighted by Gasteiger charge is -2.36. The molecule has 1 spiro atoms. The van der Waals surface area contributed by atoms with Crippen LogP contribution in [-0.2, 0) is 51.2 Å². The lowest BCUT2D eigenvalue weighted by atomic mass is 9.85. The number of aliphatic carboxylic acids is 1. The first-order valence-corrected chi connectivity index (χ1v) is 26.4. The zero-order chi connectivity index (χ0) is 51.9. The molecule has 2 aliphatic rings. The van der Waals surface area contributed by atoms with E-state index in [2.05, 4.69) is 42.2 Å². The van der Waals surface area contributed by atoms with E-state index in [0.29, 0.717) is 30.8 Å². The van der Waals surface area contributed by atoms with Crippen LogP contribution >= 0.6 is 21.6 Å². The number of nitrogens with zero attached hydrogens (tertiary/aromatic N) is 1. The Morgan fingerprint density at radius 1 is 0.831 bits per heavy atom. The van der Waals surface area contributed by atoms with Gasteiger partial charge in [0.1, 0.15) is 48.5 Å². The van der Waals surface area contributed by atoms with Gasteiger partial charge < -0.3 is 64.3 Å². The van der Waals surface area contributed by atoms with E-state index in [1.807, 2.05) is 13.0 Å². The zero-order valence-electron chi connectivity index (χ0n) is 40.7. The Balaban J connectivity index is 1.76. The highest BCUT2D eigenvalue weighted by Gasteiger charge is 2.39. The fraction of sp³-hybridized carbons (Fsp3) is 0.562. The van der Waals surface area contributed by atoms with Crippen molar-refractivity contribution >= 4 is 74.9 Å². The number of hydrogen-bond donors (Lipinski definition) is 11. The smallest absolute Gasteiger partial charge is 0.322 e. The molecule has 4 rings (SSSR count). The summed E-state index contributed by atoms with van der Waals surface area (Å²) >= 11 is 0. The quantitative estimate of drug-likeness (QED) is 0.0420. The third-order valence-electron chi connectivity index (χ3n) is 11.9. The van der Waals surface area contributed by atoms with E-state index in [1.54, 1.807) is 62.4 Å². The number of benzene rings is 2. The molecule has 1 aliphatic carbocycles. The standard InChI is InChI=1S/C48H71N11O10S2/c1-4-69-32-17-15-31(16-18-32)25-35-43(65)57-36(24-30-12-7-5-8-13-30)44(66)59-40(29(2)3)46(68)56-34(19-22-49)42(64)58-37(28-70-71-48(26-38(60)54-35)20-9-6-10-21-48)45(67)55-33(14-11-23-52-47(50)51)41(63)53-27-39(61)62/h5,7-8,12-13,15-18,29,33-37,40H,4,6,9-11,14,19-28,49H2,1-3H3,(H,53,63)(H,54,60)(H,55,67)(H,56,68)(H,57,65)(H,58,64)(H,59,66)(H,61,62)(H4,50,51,52)/t33-,34+,35-,36+,37+,40-/m0/s1. The molecule has 6 atom stereocenters. The van der Waals surface area contributed by atoms with Crippen LogP contribution in [0.25, 0.3) is 0 Å². The maximum Gasteiger partial charge on any atom is 0.322 e. The SMILES string of the molecule is CCOc1ccc(C[C@@H]2NC(=O)CC3(CCCCC3)SSC[C@H](C(=O)N[C@@H](CCCN=C(N)N)C(=O)NCC(=O)O)NC(=O)[C@@H](CCN)NC(=O)[C@H](C(C)C)NC(=O)[C@@H](Cc3ccccc3)NC2=O)cc1. The van der Waals surface area contributed by atoms with E-state index >= 15 is 0 Å². The van der Waals surface area contributed by atoms with Crippen molar-refractivity contribution in [2.24, 2.45) is 28.1 Å². The highest BCUT2D eigenvalue weighted by atomic mass is 33.1. The van der Waals surface area contributed by atoms with Crippen LogP contribution in [-0.4, -0.2) is 131 Å². The summed E-state index contributed by atoms with van der Waals surface area (Å²) in [4.78, 5) is 115. The third-order valence-corrected chi connectivity index (χ3v) is 15.2. The first kappa shape index (κ1) is 57.5. The molecular formula is C48H71N11O10S2. The summed E-state index contributed by atoms with van der Waals surface area (Å²) in [5.41, 5.74) is 18.3. The number of nitrogens with one attached hydrogen (secondary N) is 7. The number of carbonyl (C=O) groups excluding carboxylic acids is 7. The van der Waals surface area contributed by atoms with Crippen molar-refractivity contribution in [1.82, 2.24) is 37.2 Å². The van der Waals surface area contributed by atoms with Crippen molar-refractivity contribution < 1.29 is 48.2 Å². The zero-order valence-corrected chi connectivity index (χ0v) is 42.3. The van der Waals surface area contributed by atoms with Crippen molar-refractivity contribution in [1.29, 1.82) is 0 Å². The molecule has 390 valence electrons. The number of ether oxygens (including phenoxy) is 1. The second kappa shape index (κ2) is 29.3. The lowest BCUT2D eigenvalue weighted by molar-refractivity contribution is -0.138. The van der Waals surface area contributed by atoms with Crippen LogP contribution in [0.5, 0.6) is 5.75 Å². The molecule has 14 N–H and O–H groups in total. The van der Waals surface area contributed by atoms with E-state index in [4.69, 9.17) is 21.9 Å². The maximum absolute atomic E-state index is 14.6. The third kappa shape index (κ3) is 19.6. The fourth-order valence-corrected chi connectivity index (χ4v) is 11.6. The Labute approximate surface area is 422 Å². The summed E-state index contributed by atoms with van der Waals surface area (Å²) in [5.74, 6) is -6.31. The minimum atomic E-state index is -1.34. The van der Waals surface area contributed by atoms with E-state index < -0.39 is 101 Å². The number of amides is 7. The number of aliphatic imine (C=N–C) groups is 1. The molecule has 71 heavy (non-hydrogen) atoms. The molecule has 2 aromatic carbocycles. The molecule has 0 aromatic heterocycles. The van der Waals surface area contributed by atoms with Gasteiger partial charge in [0.25, 0.3) is 0 Å². The first-order chi connectivity index (χ1) is 33.9. The predicted molar refractivity (Wildman–Crippen MR) is 273 cm³/mol. The molecule has 7 amide bonds. The van der Waals surface area contributed by atoms with E-state index in [-0.39, 0.29) is 63.3 Å². The molecule has 0 bridgehead atoms. The molecular weight excluding hydrogens is 955 g/mol. The highest BCUT2D eigenvalue weighted by molar-refractivity contribution is 8.77. The van der Waals surface area contributed by atoms with Crippen LogP contribution in [0.15, 0.2) is 59.6 Å². The van der Waals surface area contributed by atoms with Gasteiger partial charge in [0.2, 0.25) is 41.4 Å². The number of nitrogens with two attached hydrogens (primary N) is 3. The van der Waals surface area contributed by atoms with Crippen LogP contribution < -0.4 is 59.2 Å². The van der Waals surface area contributed by atoms with Gasteiger partial charge >= 0.3 is 5.97 Å². The summed E-state index contributed by atoms with van der Waals surface area (Å²) in [6.45, 7) is 5.03. The molecule has 2 aromatic rings. The van der Waals surface area contributed by atoms with E-state index in [9.17, 15) is 43.5 Å². The largest absolute Gasteiger partial charge is 0.494 e. The molecule has 1 saturated carbocycles. The Morgan fingerprint density at radius 3 is 2.07 bits per heavy atom. The highest BCUT2D eigenvalue weighted by Crippen LogP contribution is 2.48. The Hall–Kier alpha value is -6.07. The molecule has 1 saturated heterocycles. The van der Waals surface area contributed by atoms with Gasteiger partial charge in [-0.25, -0.2) is 0 Å². The molecule has 0 radical (unpaired) electrons. The topological polar surface area (TPSA) is 341 Å². The minimum Gasteiger partial charge on any atom is -0.494 e. The van der Waals surface area contributed by atoms with Crippen LogP contribution in [0.2, 0.25) is 0 Å². The summed E-state index contributed by atoms with van der Waals surface area (Å²) in [6, 6.07) is 8.67. The van der Waals surface area contributed by atoms with Crippen molar-refractivity contribution in [2.45, 2.75) is 132 Å². The van der Waals surface area contributed by atoms with Crippen molar-refractivity contribution in [3.63, 3.8) is 0 Å². The van der Waals surface area contributed by atoms with E-state index in [0.717, 1.165) is 24.8 Å². The van der Waals surface area contributed by atoms with Crippen LogP contribution in [0, 0.1) is 5.92 Å². The van der Waals surface area contributed by atoms with Crippen LogP contribution in [0.4, 0.5) is 0 Å². The van der Waals surface area contributed by atoms with Gasteiger partial charge in [-0.15, -0.1) is 0 Å². The normalized spacial score (nSPS) is 22.0. The molecule has 1 heterocycles. The number of carboxylic acids is 1. The summed E-state index contributed by atoms with van der Waals surface area (Å²) in [5, 5.41) is 28.3. The fourth-order valence-electron chi connectivity index (χ4n) is 8.19. The number of guanidine groups is 1. The second-order valence-electron chi connectivity index (χ2n) is 18.0. The number of carbonyl (C=O) groups is 8. The molecule has 21 nitrogen and oxygen atoms in total. The van der Waals surface area contributed by atoms with Crippen LogP contribution in [0.3, 0.4) is 0 Å². The van der Waals surface area contributed by atoms with Gasteiger partial charge in [0, 0.05) is 36.3 Å². The van der Waals surface area contributed by atoms with Crippen LogP contribution in [0.1, 0.15) is 89.7 Å². The minimum absolute atomic E-state index is 0.00281. The van der Waals surface area contributed by atoms with Crippen molar-refractivity contribution in [3.8, 4) is 5.75 Å². The number of rotatable bonds is 18. The molecule has 23 heteroatoms. The maximum atomic E-state index is 14.6. The van der Waals surface area contributed by atoms with Gasteiger partial charge in [-0.3, -0.25) is 43.3 Å². The van der Waals surface area contributed by atoms with Gasteiger partial charge in [-0.2, -0.15) is 0 Å². The average Bonchev–Trinajstić information content (AvgIpc) is 3.33. The number of carboxylic acid groups (broad SMARTS) is 1. The summed E-state index contributed by atoms with van der Waals surface area (Å²) < 4.78 is 4.96. The van der Waals surface area contributed by atoms with Gasteiger partial charge in [-0.05, 0) is 74.8 Å². The Bertz CT molecular complexity index is 2140. The molecule has 0 unspecified atom stereocenters. The first-order valence-electron chi connectivity index (χ1n) is 24.0. The average molecular weight is 1030 g/mol. The second-order valence-corrected chi connectivity index (χ2v) is 20.8. The summed E-state index contributed by atoms with van der Waals surface area (Å²) in [7, 11) is 2.63. The monoisotopic (exact) mass is 1030 g/mol. The van der Waals surface area contributed by atoms with Gasteiger partial charge in [-0.1, -0.05) is 97.2 Å². The van der Waals surface area contributed by atoms with Crippen molar-refractivity contribution in [2.75, 3.05) is 32.0 Å². The lowest BCUT2D eigenvalue weighted by Crippen LogP contribution is -2.61. The van der Waals surface area contributed by atoms with Crippen molar-refractivity contribution in [3.05, 3.63) is 65.7 Å². The Morgan fingerprint density at radius 2 is 1.45 bits per heavy atom. The summed E-state index contributed by atoms with van der Waals surface area (Å²) in [6.07, 6.45) is 4.02. The number of hydrogen-bond acceptors (Lipinski definition) is 13. The molecule has 1 aliphatic heterocycles. The molecule has 2 fully saturated rings. The predicted octanol–water partition coefficient (Wildman–Crippen LogP) is 0.526. The van der Waals surface area contributed by atoms with Gasteiger partial charge in [0.15, 0.2) is 5.96 Å². The van der Waals surface area contributed by atoms with Gasteiger partial charge in [0.05, 0.1) is 6.61 Å². The van der Waals surface area contributed by atoms with E-state index in [1.165, 1.54) is 21.6 Å². The Kier molecular flexibility index (Phi) is 23.7.